The quantitative estimate of drug-likeness (QED) is 0.431. The number of carboxylic acids is 1. The van der Waals surface area contributed by atoms with Gasteiger partial charge in [0.05, 0.1) is 10.9 Å². The molecule has 0 aromatic heterocycles. The molecule has 0 saturated heterocycles. The van der Waals surface area contributed by atoms with Crippen molar-refractivity contribution in [2.24, 2.45) is 5.92 Å². The summed E-state index contributed by atoms with van der Waals surface area (Å²) in [5.41, 5.74) is 1.61. The number of nitrogens with zero attached hydrogens (tertiary/aromatic N) is 2. The van der Waals surface area contributed by atoms with Gasteiger partial charge in [-0.05, 0) is 48.1 Å². The first kappa shape index (κ1) is 19.8. The molecule has 2 aromatic rings. The number of benzene rings is 2. The molecule has 7 heteroatoms. The minimum absolute atomic E-state index is 0.0324. The summed E-state index contributed by atoms with van der Waals surface area (Å²) in [6.07, 6.45) is 6.61. The third kappa shape index (κ3) is 3.26. The molecule has 2 aromatic carbocycles. The summed E-state index contributed by atoms with van der Waals surface area (Å²) < 4.78 is 0. The Morgan fingerprint density at radius 2 is 1.97 bits per heavy atom. The Morgan fingerprint density at radius 3 is 2.67 bits per heavy atom. The molecule has 0 radical (unpaired) electrons. The molecule has 154 valence electrons. The highest BCUT2D eigenvalue weighted by molar-refractivity contribution is 6.08. The lowest BCUT2D eigenvalue weighted by Gasteiger charge is -2.44. The van der Waals surface area contributed by atoms with Gasteiger partial charge in [-0.15, -0.1) is 0 Å². The number of anilines is 1. The van der Waals surface area contributed by atoms with Crippen molar-refractivity contribution in [3.63, 3.8) is 0 Å². The Hall–Kier alpha value is -3.48. The zero-order chi connectivity index (χ0) is 21.4. The van der Waals surface area contributed by atoms with E-state index in [0.717, 1.165) is 24.8 Å². The Kier molecular flexibility index (Phi) is 5.11. The zero-order valence-electron chi connectivity index (χ0n) is 16.5. The van der Waals surface area contributed by atoms with Crippen LogP contribution in [-0.4, -0.2) is 22.8 Å². The molecule has 1 amide bonds. The molecule has 0 spiro atoms. The van der Waals surface area contributed by atoms with Crippen molar-refractivity contribution >= 4 is 23.3 Å². The molecule has 4 rings (SSSR count). The monoisotopic (exact) mass is 405 g/mol. The van der Waals surface area contributed by atoms with E-state index in [1.807, 2.05) is 0 Å². The molecule has 1 aliphatic heterocycles. The Bertz CT molecular complexity index is 1060. The van der Waals surface area contributed by atoms with Crippen LogP contribution in [-0.2, 0) is 0 Å². The van der Waals surface area contributed by atoms with Crippen molar-refractivity contribution in [3.8, 4) is 0 Å². The molecule has 1 heterocycles. The van der Waals surface area contributed by atoms with Crippen LogP contribution in [0.3, 0.4) is 0 Å². The maximum atomic E-state index is 13.6. The molecule has 0 bridgehead atoms. The van der Waals surface area contributed by atoms with E-state index in [9.17, 15) is 24.8 Å². The predicted molar refractivity (Wildman–Crippen MR) is 109 cm³/mol. The smallest absolute Gasteiger partial charge is 0.270 e. The molecule has 0 fully saturated rings. The summed E-state index contributed by atoms with van der Waals surface area (Å²) in [6.45, 7) is 2.06. The fourth-order valence-corrected chi connectivity index (χ4v) is 4.73. The number of carbonyl (C=O) groups excluding carboxylic acids is 2. The van der Waals surface area contributed by atoms with Gasteiger partial charge in [0.25, 0.3) is 11.6 Å². The second kappa shape index (κ2) is 7.74. The number of non-ortho nitro benzene ring substituents is 1. The summed E-state index contributed by atoms with van der Waals surface area (Å²) in [6, 6.07) is 10.3. The molecule has 0 saturated carbocycles. The lowest BCUT2D eigenvalue weighted by atomic mass is 9.76. The van der Waals surface area contributed by atoms with Crippen LogP contribution in [0.4, 0.5) is 11.4 Å². The maximum Gasteiger partial charge on any atom is 0.270 e. The van der Waals surface area contributed by atoms with E-state index < -0.39 is 10.9 Å². The van der Waals surface area contributed by atoms with Gasteiger partial charge in [-0.25, -0.2) is 0 Å². The third-order valence-corrected chi connectivity index (χ3v) is 6.03. The molecule has 7 nitrogen and oxygen atoms in total. The van der Waals surface area contributed by atoms with Crippen LogP contribution >= 0.6 is 0 Å². The van der Waals surface area contributed by atoms with Crippen molar-refractivity contribution in [1.82, 2.24) is 0 Å². The summed E-state index contributed by atoms with van der Waals surface area (Å²) in [5, 5.41) is 22.6. The number of fused-ring (bicyclic) bond motifs is 3. The Morgan fingerprint density at radius 1 is 1.17 bits per heavy atom. The number of hydrogen-bond acceptors (Lipinski definition) is 5. The van der Waals surface area contributed by atoms with Crippen LogP contribution in [0.5, 0.6) is 0 Å². The number of rotatable bonds is 5. The van der Waals surface area contributed by atoms with E-state index >= 15 is 0 Å². The van der Waals surface area contributed by atoms with Crippen molar-refractivity contribution in [1.29, 1.82) is 0 Å². The van der Waals surface area contributed by atoms with E-state index in [-0.39, 0.29) is 40.6 Å². The highest BCUT2D eigenvalue weighted by Gasteiger charge is 2.43. The lowest BCUT2D eigenvalue weighted by Crippen LogP contribution is -2.49. The molecule has 30 heavy (non-hydrogen) atoms. The van der Waals surface area contributed by atoms with Crippen LogP contribution in [0, 0.1) is 16.0 Å². The topological polar surface area (TPSA) is 104 Å². The lowest BCUT2D eigenvalue weighted by molar-refractivity contribution is -0.384. The van der Waals surface area contributed by atoms with Crippen LogP contribution < -0.4 is 10.0 Å². The molecule has 2 aliphatic rings. The zero-order valence-corrected chi connectivity index (χ0v) is 16.5. The standard InChI is InChI=1S/C23H22N2O5/c1-2-5-20-18-9-4-8-17(18)19-13-15(23(27)28)10-11-21(19)24(20)22(26)14-6-3-7-16(12-14)25(29)30/h3-4,6-8,10-13,17-18,20H,2,5,9H2,1H3,(H,27,28)/p-1/t17-,18-,20+/m0/s1. The van der Waals surface area contributed by atoms with Gasteiger partial charge in [0, 0.05) is 35.3 Å². The van der Waals surface area contributed by atoms with E-state index in [0.29, 0.717) is 5.69 Å². The average molecular weight is 405 g/mol. The highest BCUT2D eigenvalue weighted by atomic mass is 16.6. The third-order valence-electron chi connectivity index (χ3n) is 6.03. The summed E-state index contributed by atoms with van der Waals surface area (Å²) in [7, 11) is 0. The molecule has 1 aliphatic carbocycles. The number of allylic oxidation sites excluding steroid dienone is 2. The largest absolute Gasteiger partial charge is 0.545 e. The average Bonchev–Trinajstić information content (AvgIpc) is 3.23. The maximum absolute atomic E-state index is 13.6. The van der Waals surface area contributed by atoms with Gasteiger partial charge in [-0.3, -0.25) is 14.9 Å². The molecular formula is C23H21N2O5-. The van der Waals surface area contributed by atoms with Crippen molar-refractivity contribution in [2.45, 2.75) is 38.1 Å². The van der Waals surface area contributed by atoms with Crippen molar-refractivity contribution in [2.75, 3.05) is 4.90 Å². The molecule has 0 N–H and O–H groups in total. The molecule has 0 unspecified atom stereocenters. The number of aromatic carboxylic acids is 1. The van der Waals surface area contributed by atoms with Crippen LogP contribution in [0.25, 0.3) is 0 Å². The number of carbonyl (C=O) groups is 2. The van der Waals surface area contributed by atoms with Crippen LogP contribution in [0.1, 0.15) is 58.4 Å². The van der Waals surface area contributed by atoms with Gasteiger partial charge in [0.2, 0.25) is 0 Å². The number of carboxylic acid groups (broad SMARTS) is 1. The fraction of sp³-hybridized carbons (Fsp3) is 0.304. The van der Waals surface area contributed by atoms with Crippen molar-refractivity contribution in [3.05, 3.63) is 81.4 Å². The van der Waals surface area contributed by atoms with Gasteiger partial charge < -0.3 is 14.8 Å². The molecular weight excluding hydrogens is 384 g/mol. The normalized spacial score (nSPS) is 21.8. The van der Waals surface area contributed by atoms with Crippen molar-refractivity contribution < 1.29 is 19.6 Å². The van der Waals surface area contributed by atoms with E-state index in [1.54, 1.807) is 23.1 Å². The minimum Gasteiger partial charge on any atom is -0.545 e. The number of hydrogen-bond donors (Lipinski definition) is 0. The highest BCUT2D eigenvalue weighted by Crippen LogP contribution is 2.49. The first-order valence-electron chi connectivity index (χ1n) is 10.0. The molecule has 3 atom stereocenters. The second-order valence-corrected chi connectivity index (χ2v) is 7.75. The Balaban J connectivity index is 1.85. The van der Waals surface area contributed by atoms with Gasteiger partial charge in [0.15, 0.2) is 0 Å². The summed E-state index contributed by atoms with van der Waals surface area (Å²) in [4.78, 5) is 37.4. The first-order valence-corrected chi connectivity index (χ1v) is 10.0. The number of amides is 1. The van der Waals surface area contributed by atoms with Gasteiger partial charge in [0.1, 0.15) is 0 Å². The fourth-order valence-electron chi connectivity index (χ4n) is 4.73. The summed E-state index contributed by atoms with van der Waals surface area (Å²) >= 11 is 0. The van der Waals surface area contributed by atoms with E-state index in [2.05, 4.69) is 19.1 Å². The summed E-state index contributed by atoms with van der Waals surface area (Å²) in [5.74, 6) is -1.41. The van der Waals surface area contributed by atoms with Crippen LogP contribution in [0.2, 0.25) is 0 Å². The Labute approximate surface area is 173 Å². The SMILES string of the molecule is CCC[C@@H]1[C@H]2CC=C[C@@H]2c2cc(C(=O)[O-])ccc2N1C(=O)c1cccc([N+](=O)[O-])c1. The predicted octanol–water partition coefficient (Wildman–Crippen LogP) is 3.45. The van der Waals surface area contributed by atoms with E-state index in [4.69, 9.17) is 0 Å². The number of nitro groups is 1. The van der Waals surface area contributed by atoms with Crippen LogP contribution in [0.15, 0.2) is 54.6 Å². The number of nitro benzene ring substituents is 1. The first-order chi connectivity index (χ1) is 14.4. The van der Waals surface area contributed by atoms with E-state index in [1.165, 1.54) is 24.3 Å². The second-order valence-electron chi connectivity index (χ2n) is 7.75. The van der Waals surface area contributed by atoms with Gasteiger partial charge >= 0.3 is 0 Å². The van der Waals surface area contributed by atoms with Gasteiger partial charge in [-0.1, -0.05) is 37.6 Å². The minimum atomic E-state index is -1.26. The van der Waals surface area contributed by atoms with Gasteiger partial charge in [-0.2, -0.15) is 0 Å².